The third-order valence-corrected chi connectivity index (χ3v) is 6.32. The van der Waals surface area contributed by atoms with Crippen molar-refractivity contribution >= 4 is 25.5 Å². The molecule has 0 aromatic heterocycles. The molecule has 0 fully saturated rings. The molecule has 0 heterocycles. The zero-order valence-corrected chi connectivity index (χ0v) is 21.1. The first-order chi connectivity index (χ1) is 16.8. The molecule has 2 aromatic carbocycles. The first-order valence-corrected chi connectivity index (χ1v) is 13.0. The molecule has 10 heteroatoms. The predicted molar refractivity (Wildman–Crippen MR) is 128 cm³/mol. The highest BCUT2D eigenvalue weighted by molar-refractivity contribution is 7.54. The Morgan fingerprint density at radius 3 is 1.43 bits per heavy atom. The number of ether oxygens (including phenoxy) is 3. The van der Waals surface area contributed by atoms with Crippen molar-refractivity contribution in [1.82, 2.24) is 0 Å². The molecule has 0 amide bonds. The van der Waals surface area contributed by atoms with Gasteiger partial charge >= 0.3 is 25.5 Å². The van der Waals surface area contributed by atoms with E-state index in [1.807, 2.05) is 13.8 Å². The molecule has 0 aliphatic heterocycles. The van der Waals surface area contributed by atoms with Gasteiger partial charge in [0.2, 0.25) is 0 Å². The number of carbonyl (C=O) groups excluding carboxylic acids is 3. The molecule has 2 aromatic rings. The minimum Gasteiger partial charge on any atom is -0.469 e. The maximum Gasteiger partial charge on any atom is 0.342 e. The van der Waals surface area contributed by atoms with E-state index in [1.165, 1.54) is 7.11 Å². The van der Waals surface area contributed by atoms with Crippen molar-refractivity contribution in [3.63, 3.8) is 0 Å². The fourth-order valence-electron chi connectivity index (χ4n) is 2.78. The highest BCUT2D eigenvalue weighted by atomic mass is 31.2. The van der Waals surface area contributed by atoms with Crippen LogP contribution < -0.4 is 9.47 Å². The molecule has 190 valence electrons. The van der Waals surface area contributed by atoms with Gasteiger partial charge < -0.3 is 23.3 Å². The highest BCUT2D eigenvalue weighted by Gasteiger charge is 2.29. The summed E-state index contributed by atoms with van der Waals surface area (Å²) >= 11 is 0. The van der Waals surface area contributed by atoms with Crippen LogP contribution in [0.1, 0.15) is 50.7 Å². The van der Waals surface area contributed by atoms with Crippen molar-refractivity contribution in [2.75, 3.05) is 13.3 Å². The smallest absolute Gasteiger partial charge is 0.342 e. The van der Waals surface area contributed by atoms with Crippen LogP contribution in [0.3, 0.4) is 0 Å². The molecule has 0 radical (unpaired) electrons. The predicted octanol–water partition coefficient (Wildman–Crippen LogP) is 5.20. The first-order valence-electron chi connectivity index (χ1n) is 11.3. The largest absolute Gasteiger partial charge is 0.469 e. The van der Waals surface area contributed by atoms with Crippen molar-refractivity contribution < 1.29 is 42.2 Å². The van der Waals surface area contributed by atoms with E-state index < -0.39 is 19.7 Å². The second-order valence-electron chi connectivity index (χ2n) is 7.63. The van der Waals surface area contributed by atoms with E-state index in [2.05, 4.69) is 4.74 Å². The van der Waals surface area contributed by atoms with Crippen LogP contribution in [-0.4, -0.2) is 31.2 Å². The van der Waals surface area contributed by atoms with Gasteiger partial charge in [0.1, 0.15) is 17.7 Å². The summed E-state index contributed by atoms with van der Waals surface area (Å²) in [5.41, 5.74) is 1.29. The summed E-state index contributed by atoms with van der Waals surface area (Å²) in [5, 5.41) is 0. The molecule has 0 aliphatic rings. The summed E-state index contributed by atoms with van der Waals surface area (Å²) < 4.78 is 39.3. The van der Waals surface area contributed by atoms with Crippen LogP contribution in [0.15, 0.2) is 48.5 Å². The molecule has 0 N–H and O–H groups in total. The van der Waals surface area contributed by atoms with Gasteiger partial charge in [0, 0.05) is 12.8 Å². The van der Waals surface area contributed by atoms with E-state index in [0.717, 1.165) is 0 Å². The molecule has 0 saturated heterocycles. The molecular formula is C25H31O9P. The maximum absolute atomic E-state index is 13.2. The summed E-state index contributed by atoms with van der Waals surface area (Å²) in [7, 11) is -2.67. The van der Waals surface area contributed by atoms with E-state index in [-0.39, 0.29) is 25.2 Å². The van der Waals surface area contributed by atoms with Crippen molar-refractivity contribution in [3.8, 4) is 11.5 Å². The fraction of sp³-hybridized carbons (Fsp3) is 0.400. The molecule has 0 spiro atoms. The Morgan fingerprint density at radius 2 is 1.09 bits per heavy atom. The normalized spacial score (nSPS) is 11.1. The average molecular weight is 506 g/mol. The lowest BCUT2D eigenvalue weighted by molar-refractivity contribution is -0.138. The number of hydrogen-bond donors (Lipinski definition) is 0. The van der Waals surface area contributed by atoms with Crippen LogP contribution in [-0.2, 0) is 45.9 Å². The van der Waals surface area contributed by atoms with Gasteiger partial charge in [0.15, 0.2) is 0 Å². The highest BCUT2D eigenvalue weighted by Crippen LogP contribution is 2.49. The minimum atomic E-state index is -3.86. The number of carbonyl (C=O) groups is 3. The lowest BCUT2D eigenvalue weighted by Gasteiger charge is -2.18. The summed E-state index contributed by atoms with van der Waals surface area (Å²) in [6.45, 7) is 3.58. The molecule has 0 aliphatic carbocycles. The molecule has 2 rings (SSSR count). The number of esters is 3. The zero-order chi connectivity index (χ0) is 25.7. The van der Waals surface area contributed by atoms with Crippen molar-refractivity contribution in [2.45, 2.75) is 52.7 Å². The molecule has 9 nitrogen and oxygen atoms in total. The van der Waals surface area contributed by atoms with Gasteiger partial charge in [0.25, 0.3) is 0 Å². The van der Waals surface area contributed by atoms with Crippen LogP contribution >= 0.6 is 7.60 Å². The molecular weight excluding hydrogens is 475 g/mol. The second kappa shape index (κ2) is 14.4. The molecule has 0 saturated carbocycles. The van der Waals surface area contributed by atoms with Crippen LogP contribution in [0.25, 0.3) is 0 Å². The summed E-state index contributed by atoms with van der Waals surface area (Å²) in [4.78, 5) is 35.0. The summed E-state index contributed by atoms with van der Waals surface area (Å²) in [6, 6.07) is 13.1. The Kier molecular flexibility index (Phi) is 11.6. The zero-order valence-electron chi connectivity index (χ0n) is 20.2. The second-order valence-corrected chi connectivity index (χ2v) is 9.68. The van der Waals surface area contributed by atoms with Crippen LogP contribution in [0.2, 0.25) is 0 Å². The van der Waals surface area contributed by atoms with Crippen LogP contribution in [0, 0.1) is 0 Å². The molecule has 0 atom stereocenters. The SMILES string of the molecule is CCCC(=O)Oc1ccc(COP(=O)(CC(=O)OC)OCc2ccc(OC(=O)CCC)cc2)cc1. The monoisotopic (exact) mass is 506 g/mol. The Morgan fingerprint density at radius 1 is 0.686 bits per heavy atom. The Bertz CT molecular complexity index is 945. The van der Waals surface area contributed by atoms with E-state index in [4.69, 9.17) is 18.5 Å². The molecule has 35 heavy (non-hydrogen) atoms. The van der Waals surface area contributed by atoms with Gasteiger partial charge in [-0.1, -0.05) is 38.1 Å². The third kappa shape index (κ3) is 10.4. The Hall–Kier alpha value is -3.00. The fourth-order valence-corrected chi connectivity index (χ4v) is 4.17. The van der Waals surface area contributed by atoms with Crippen LogP contribution in [0.4, 0.5) is 0 Å². The van der Waals surface area contributed by atoms with E-state index in [1.54, 1.807) is 48.5 Å². The third-order valence-electron chi connectivity index (χ3n) is 4.62. The van der Waals surface area contributed by atoms with Crippen molar-refractivity contribution in [1.29, 1.82) is 0 Å². The van der Waals surface area contributed by atoms with Gasteiger partial charge in [-0.15, -0.1) is 0 Å². The summed E-state index contributed by atoms with van der Waals surface area (Å²) in [5.74, 6) is -0.584. The number of hydrogen-bond acceptors (Lipinski definition) is 9. The molecule has 0 bridgehead atoms. The topological polar surface area (TPSA) is 114 Å². The Labute approximate surface area is 205 Å². The van der Waals surface area contributed by atoms with Gasteiger partial charge in [-0.05, 0) is 48.2 Å². The van der Waals surface area contributed by atoms with Gasteiger partial charge in [-0.3, -0.25) is 18.9 Å². The van der Waals surface area contributed by atoms with Gasteiger partial charge in [-0.25, -0.2) is 0 Å². The molecule has 0 unspecified atom stereocenters. The van der Waals surface area contributed by atoms with Crippen molar-refractivity contribution in [3.05, 3.63) is 59.7 Å². The first kappa shape index (κ1) is 28.2. The maximum atomic E-state index is 13.2. The summed E-state index contributed by atoms with van der Waals surface area (Å²) in [6.07, 6.45) is 1.48. The van der Waals surface area contributed by atoms with E-state index in [0.29, 0.717) is 48.3 Å². The number of methoxy groups -OCH3 is 1. The number of rotatable bonds is 14. The van der Waals surface area contributed by atoms with E-state index in [9.17, 15) is 18.9 Å². The van der Waals surface area contributed by atoms with E-state index >= 15 is 0 Å². The van der Waals surface area contributed by atoms with Gasteiger partial charge in [0.05, 0.1) is 20.3 Å². The standard InChI is InChI=1S/C25H31O9P/c1-4-6-23(26)33-21-12-8-19(9-13-21)16-31-35(29,18-25(28)30-3)32-17-20-10-14-22(15-11-20)34-24(27)7-5-2/h8-15H,4-7,16-18H2,1-3H3. The minimum absolute atomic E-state index is 0.0935. The van der Waals surface area contributed by atoms with Crippen molar-refractivity contribution in [2.24, 2.45) is 0 Å². The quantitative estimate of drug-likeness (QED) is 0.194. The lowest BCUT2D eigenvalue weighted by atomic mass is 10.2. The average Bonchev–Trinajstić information content (AvgIpc) is 2.83. The Balaban J connectivity index is 1.98. The lowest BCUT2D eigenvalue weighted by Crippen LogP contribution is -2.11. The van der Waals surface area contributed by atoms with Gasteiger partial charge in [-0.2, -0.15) is 0 Å². The number of benzene rings is 2. The van der Waals surface area contributed by atoms with Crippen LogP contribution in [0.5, 0.6) is 11.5 Å².